The van der Waals surface area contributed by atoms with Gasteiger partial charge in [0.15, 0.2) is 0 Å². The van der Waals surface area contributed by atoms with Crippen molar-refractivity contribution in [2.45, 2.75) is 96.5 Å². The molecule has 1 aromatic carbocycles. The number of aliphatic hydroxyl groups is 1. The third-order valence-corrected chi connectivity index (χ3v) is 9.96. The maximum Gasteiger partial charge on any atom is 0.409 e. The lowest BCUT2D eigenvalue weighted by molar-refractivity contribution is -0.160. The Bertz CT molecular complexity index is 1410. The monoisotopic (exact) mass is 645 g/mol. The number of aryl methyl sites for hydroxylation is 1. The van der Waals surface area contributed by atoms with Crippen molar-refractivity contribution in [3.05, 3.63) is 52.1 Å². The van der Waals surface area contributed by atoms with Gasteiger partial charge in [0.1, 0.15) is 29.6 Å². The zero-order valence-corrected chi connectivity index (χ0v) is 27.9. The van der Waals surface area contributed by atoms with Crippen LogP contribution in [0.1, 0.15) is 58.6 Å². The molecule has 3 amide bonds. The SMILES string of the molecule is C/C1=C\C=C\C(C)C2(O)CC(OC(=O)N2)C(C)C2OC2(C)C(OC(=O)[C@H](C)N(C)C=O)CC(=O)N(C)c2cc(cc(C)c2Cl)C1. The summed E-state index contributed by atoms with van der Waals surface area (Å²) < 4.78 is 17.7. The quantitative estimate of drug-likeness (QED) is 0.284. The summed E-state index contributed by atoms with van der Waals surface area (Å²) in [7, 11) is 3.08. The molecule has 2 fully saturated rings. The molecule has 0 aliphatic carbocycles. The molecule has 45 heavy (non-hydrogen) atoms. The van der Waals surface area contributed by atoms with Gasteiger partial charge in [0, 0.05) is 32.4 Å². The van der Waals surface area contributed by atoms with Crippen LogP contribution in [-0.2, 0) is 35.0 Å². The standard InChI is InChI=1S/C33H44ClN3O8/c1-18-10-9-11-20(3)33(42)16-25(43-31(41)35-33)21(4)29-32(6,45-29)26(44-30(40)22(5)36(7)17-38)15-27(39)37(8)24-14-23(12-18)13-19(2)28(24)34/h9-11,13-14,17,20-22,25-26,29,42H,12,15-16H2,1-8H3,(H,35,41)/b11-9+,18-10+/t20?,21?,22-,25?,26?,29?,32?,33?/m0/s1. The summed E-state index contributed by atoms with van der Waals surface area (Å²) in [6.45, 7) is 10.8. The van der Waals surface area contributed by atoms with Gasteiger partial charge in [0.2, 0.25) is 12.3 Å². The molecule has 12 heteroatoms. The van der Waals surface area contributed by atoms with Gasteiger partial charge in [-0.25, -0.2) is 9.59 Å². The number of nitrogens with one attached hydrogen (secondary N) is 1. The van der Waals surface area contributed by atoms with Crippen LogP contribution in [-0.4, -0.2) is 84.2 Å². The van der Waals surface area contributed by atoms with E-state index in [1.54, 1.807) is 14.0 Å². The molecule has 1 aromatic rings. The number of epoxide rings is 1. The Balaban J connectivity index is 1.77. The lowest BCUT2D eigenvalue weighted by Crippen LogP contribution is -2.60. The van der Waals surface area contributed by atoms with E-state index < -0.39 is 59.6 Å². The number of rotatable bonds is 4. The molecule has 2 saturated heterocycles. The fraction of sp³-hybridized carbons (Fsp3) is 0.576. The highest BCUT2D eigenvalue weighted by Gasteiger charge is 2.64. The first-order valence-electron chi connectivity index (χ1n) is 15.2. The molecule has 0 radical (unpaired) electrons. The van der Waals surface area contributed by atoms with Crippen LogP contribution in [0.15, 0.2) is 35.9 Å². The summed E-state index contributed by atoms with van der Waals surface area (Å²) in [5.41, 5.74) is 0.584. The highest BCUT2D eigenvalue weighted by atomic mass is 35.5. The number of benzene rings is 1. The Morgan fingerprint density at radius 2 is 1.98 bits per heavy atom. The molecule has 3 heterocycles. The van der Waals surface area contributed by atoms with Gasteiger partial charge in [0.05, 0.1) is 23.2 Å². The second-order valence-corrected chi connectivity index (χ2v) is 13.3. The van der Waals surface area contributed by atoms with E-state index in [4.69, 9.17) is 25.8 Å². The number of likely N-dealkylation sites (N-methyl/N-ethyl adjacent to an activating group) is 1. The van der Waals surface area contributed by atoms with Crippen LogP contribution in [0.3, 0.4) is 0 Å². The Hall–Kier alpha value is -3.41. The maximum absolute atomic E-state index is 13.8. The van der Waals surface area contributed by atoms with E-state index in [0.29, 0.717) is 23.5 Å². The molecule has 246 valence electrons. The van der Waals surface area contributed by atoms with E-state index >= 15 is 0 Å². The Kier molecular flexibility index (Phi) is 10.1. The van der Waals surface area contributed by atoms with Crippen molar-refractivity contribution < 1.29 is 38.5 Å². The number of anilines is 1. The molecule has 2 N–H and O–H groups in total. The van der Waals surface area contributed by atoms with Gasteiger partial charge in [-0.1, -0.05) is 55.3 Å². The number of halogens is 1. The van der Waals surface area contributed by atoms with Gasteiger partial charge in [-0.2, -0.15) is 0 Å². The van der Waals surface area contributed by atoms with E-state index in [2.05, 4.69) is 5.32 Å². The molecule has 0 saturated carbocycles. The Labute approximate surface area is 269 Å². The van der Waals surface area contributed by atoms with Gasteiger partial charge in [0.25, 0.3) is 0 Å². The van der Waals surface area contributed by atoms with Crippen molar-refractivity contribution >= 4 is 41.7 Å². The van der Waals surface area contributed by atoms with Crippen LogP contribution < -0.4 is 10.2 Å². The first-order valence-corrected chi connectivity index (χ1v) is 15.5. The van der Waals surface area contributed by atoms with Crippen molar-refractivity contribution in [1.82, 2.24) is 10.2 Å². The molecule has 4 rings (SSSR count). The molecular weight excluding hydrogens is 602 g/mol. The van der Waals surface area contributed by atoms with Crippen LogP contribution in [0.4, 0.5) is 10.5 Å². The molecule has 0 spiro atoms. The Morgan fingerprint density at radius 3 is 2.64 bits per heavy atom. The average molecular weight is 646 g/mol. The first kappa shape index (κ1) is 34.5. The number of amides is 3. The molecule has 0 aromatic heterocycles. The lowest BCUT2D eigenvalue weighted by Gasteiger charge is -2.41. The number of allylic oxidation sites excluding steroid dienone is 3. The second-order valence-electron chi connectivity index (χ2n) is 12.9. The van der Waals surface area contributed by atoms with Gasteiger partial charge in [-0.15, -0.1) is 0 Å². The number of hydrogen-bond acceptors (Lipinski definition) is 8. The molecule has 11 nitrogen and oxygen atoms in total. The number of carbonyl (C=O) groups is 4. The van der Waals surface area contributed by atoms with Gasteiger partial charge >= 0.3 is 12.1 Å². The van der Waals surface area contributed by atoms with Crippen LogP contribution in [0.5, 0.6) is 0 Å². The van der Waals surface area contributed by atoms with Gasteiger partial charge < -0.3 is 29.1 Å². The average Bonchev–Trinajstić information content (AvgIpc) is 3.68. The zero-order valence-electron chi connectivity index (χ0n) is 27.1. The fourth-order valence-electron chi connectivity index (χ4n) is 6.04. The minimum Gasteiger partial charge on any atom is -0.457 e. The number of ether oxygens (including phenoxy) is 3. The third-order valence-electron chi connectivity index (χ3n) is 9.47. The van der Waals surface area contributed by atoms with Crippen molar-refractivity contribution in [2.75, 3.05) is 19.0 Å². The Morgan fingerprint density at radius 1 is 1.29 bits per heavy atom. The summed E-state index contributed by atoms with van der Waals surface area (Å²) in [6.07, 6.45) is 3.46. The third kappa shape index (κ3) is 7.21. The summed E-state index contributed by atoms with van der Waals surface area (Å²) in [6, 6.07) is 2.93. The summed E-state index contributed by atoms with van der Waals surface area (Å²) in [5.74, 6) is -1.97. The summed E-state index contributed by atoms with van der Waals surface area (Å²) >= 11 is 6.70. The lowest BCUT2D eigenvalue weighted by atomic mass is 9.82. The largest absolute Gasteiger partial charge is 0.457 e. The smallest absolute Gasteiger partial charge is 0.409 e. The van der Waals surface area contributed by atoms with Crippen molar-refractivity contribution in [3.63, 3.8) is 0 Å². The number of carbonyl (C=O) groups excluding carboxylic acids is 4. The normalized spacial score (nSPS) is 34.7. The molecule has 3 aliphatic heterocycles. The van der Waals surface area contributed by atoms with E-state index in [-0.39, 0.29) is 18.7 Å². The van der Waals surface area contributed by atoms with Crippen molar-refractivity contribution in [2.24, 2.45) is 11.8 Å². The second kappa shape index (κ2) is 13.1. The van der Waals surface area contributed by atoms with E-state index in [9.17, 15) is 24.3 Å². The highest BCUT2D eigenvalue weighted by molar-refractivity contribution is 6.34. The molecule has 7 unspecified atom stereocenters. The van der Waals surface area contributed by atoms with Crippen LogP contribution in [0.25, 0.3) is 0 Å². The van der Waals surface area contributed by atoms with Crippen LogP contribution >= 0.6 is 11.6 Å². The zero-order chi connectivity index (χ0) is 33.4. The number of hydrogen-bond donors (Lipinski definition) is 2. The highest BCUT2D eigenvalue weighted by Crippen LogP contribution is 2.49. The summed E-state index contributed by atoms with van der Waals surface area (Å²) in [4.78, 5) is 53.6. The van der Waals surface area contributed by atoms with Crippen molar-refractivity contribution in [1.29, 1.82) is 0 Å². The molecular formula is C33H44ClN3O8. The number of nitrogens with zero attached hydrogens (tertiary/aromatic N) is 2. The number of fused-ring (bicyclic) bond motifs is 5. The van der Waals surface area contributed by atoms with Gasteiger partial charge in [-0.05, 0) is 51.3 Å². The molecule has 3 aliphatic rings. The minimum absolute atomic E-state index is 0.0843. The summed E-state index contributed by atoms with van der Waals surface area (Å²) in [5, 5.41) is 14.6. The predicted molar refractivity (Wildman–Crippen MR) is 169 cm³/mol. The van der Waals surface area contributed by atoms with Crippen molar-refractivity contribution in [3.8, 4) is 0 Å². The first-order chi connectivity index (χ1) is 21.0. The van der Waals surface area contributed by atoms with Crippen LogP contribution in [0, 0.1) is 18.8 Å². The molecule has 8 atom stereocenters. The fourth-order valence-corrected chi connectivity index (χ4v) is 6.28. The van der Waals surface area contributed by atoms with E-state index in [0.717, 1.165) is 16.7 Å². The van der Waals surface area contributed by atoms with Gasteiger partial charge in [-0.3, -0.25) is 14.9 Å². The maximum atomic E-state index is 13.8. The minimum atomic E-state index is -1.58. The number of alkyl carbamates (subject to hydrolysis) is 1. The number of esters is 1. The van der Waals surface area contributed by atoms with Crippen LogP contribution in [0.2, 0.25) is 5.02 Å². The van der Waals surface area contributed by atoms with E-state index in [1.165, 1.54) is 23.8 Å². The predicted octanol–water partition coefficient (Wildman–Crippen LogP) is 4.07. The molecule has 4 bridgehead atoms. The van der Waals surface area contributed by atoms with E-state index in [1.807, 2.05) is 58.1 Å². The topological polar surface area (TPSA) is 138 Å².